The zero-order chi connectivity index (χ0) is 18.5. The predicted octanol–water partition coefficient (Wildman–Crippen LogP) is 4.12. The Balaban J connectivity index is 1.87. The van der Waals surface area contributed by atoms with Crippen LogP contribution in [-0.2, 0) is 0 Å². The molecule has 0 aliphatic carbocycles. The van der Waals surface area contributed by atoms with Crippen molar-refractivity contribution in [2.24, 2.45) is 0 Å². The van der Waals surface area contributed by atoms with E-state index in [1.165, 1.54) is 0 Å². The van der Waals surface area contributed by atoms with E-state index in [1.54, 1.807) is 6.07 Å². The van der Waals surface area contributed by atoms with Crippen molar-refractivity contribution >= 4 is 7.69 Å². The van der Waals surface area contributed by atoms with Crippen LogP contribution in [0, 0.1) is 0 Å². The van der Waals surface area contributed by atoms with Gasteiger partial charge in [-0.2, -0.15) is 0 Å². The highest BCUT2D eigenvalue weighted by Crippen LogP contribution is 2.28. The summed E-state index contributed by atoms with van der Waals surface area (Å²) in [6.45, 7) is 0. The largest absolute Gasteiger partial charge is 0.539 e. The van der Waals surface area contributed by atoms with Crippen LogP contribution in [0.15, 0.2) is 91.0 Å². The van der Waals surface area contributed by atoms with E-state index in [0.29, 0.717) is 11.6 Å². The lowest BCUT2D eigenvalue weighted by molar-refractivity contribution is 0.454. The van der Waals surface area contributed by atoms with Crippen molar-refractivity contribution in [2.45, 2.75) is 0 Å². The van der Waals surface area contributed by atoms with Gasteiger partial charge in [0.2, 0.25) is 0 Å². The van der Waals surface area contributed by atoms with Crippen molar-refractivity contribution in [1.29, 1.82) is 0 Å². The predicted molar refractivity (Wildman–Crippen MR) is 108 cm³/mol. The van der Waals surface area contributed by atoms with Gasteiger partial charge in [-0.25, -0.2) is 9.97 Å². The molecule has 27 heavy (non-hydrogen) atoms. The van der Waals surface area contributed by atoms with Crippen LogP contribution in [0.4, 0.5) is 0 Å². The van der Waals surface area contributed by atoms with E-state index in [-0.39, 0.29) is 7.69 Å². The molecular weight excluding hydrogens is 335 g/mol. The summed E-state index contributed by atoms with van der Waals surface area (Å²) in [7, 11) is -0.363. The molecule has 1 heterocycles. The topological polar surface area (TPSA) is 55.2 Å². The van der Waals surface area contributed by atoms with E-state index in [0.717, 1.165) is 28.1 Å². The molecule has 0 unspecified atom stereocenters. The summed E-state index contributed by atoms with van der Waals surface area (Å²) in [6.07, 6.45) is 0. The Morgan fingerprint density at radius 2 is 1.22 bits per heavy atom. The number of rotatable bonds is 5. The fraction of sp³-hybridized carbons (Fsp3) is 0. The summed E-state index contributed by atoms with van der Waals surface area (Å²) < 4.78 is 5.21. The highest BCUT2D eigenvalue weighted by molar-refractivity contribution is 6.17. The van der Waals surface area contributed by atoms with Crippen molar-refractivity contribution in [2.75, 3.05) is 0 Å². The summed E-state index contributed by atoms with van der Waals surface area (Å²) in [6, 6.07) is 29.5. The molecule has 0 saturated carbocycles. The molecule has 0 radical (unpaired) electrons. The molecule has 5 heteroatoms. The molecule has 0 atom stereocenters. The van der Waals surface area contributed by atoms with E-state index in [2.05, 4.69) is 0 Å². The maximum absolute atomic E-state index is 9.02. The van der Waals surface area contributed by atoms with Gasteiger partial charge >= 0.3 is 7.69 Å². The number of hydrogen-bond acceptors (Lipinski definition) is 4. The van der Waals surface area contributed by atoms with Crippen LogP contribution in [0.3, 0.4) is 0 Å². The van der Waals surface area contributed by atoms with Gasteiger partial charge in [-0.3, -0.25) is 0 Å². The Kier molecular flexibility index (Phi) is 4.94. The van der Waals surface area contributed by atoms with E-state index in [4.69, 9.17) is 19.6 Å². The minimum Gasteiger partial charge on any atom is -0.539 e. The molecule has 0 saturated heterocycles. The summed E-state index contributed by atoms with van der Waals surface area (Å²) >= 11 is 0. The van der Waals surface area contributed by atoms with E-state index >= 15 is 0 Å². The van der Waals surface area contributed by atoms with Crippen LogP contribution in [0.25, 0.3) is 33.9 Å². The first-order valence-corrected chi connectivity index (χ1v) is 8.67. The quantitative estimate of drug-likeness (QED) is 0.549. The van der Waals surface area contributed by atoms with Crippen molar-refractivity contribution in [3.8, 4) is 39.7 Å². The SMILES string of the molecule is OBOc1cccc(-c2cc(-c3ccccc3)nc(-c3ccccc3)n2)c1. The van der Waals surface area contributed by atoms with Crippen LogP contribution in [0.5, 0.6) is 5.75 Å². The molecule has 1 N–H and O–H groups in total. The van der Waals surface area contributed by atoms with Gasteiger partial charge in [0.1, 0.15) is 5.75 Å². The van der Waals surface area contributed by atoms with E-state index < -0.39 is 0 Å². The molecular formula is C22H17BN2O2. The zero-order valence-corrected chi connectivity index (χ0v) is 14.6. The van der Waals surface area contributed by atoms with Crippen LogP contribution in [-0.4, -0.2) is 22.7 Å². The van der Waals surface area contributed by atoms with Gasteiger partial charge in [0, 0.05) is 16.7 Å². The molecule has 4 aromatic rings. The van der Waals surface area contributed by atoms with E-state index in [9.17, 15) is 0 Å². The lowest BCUT2D eigenvalue weighted by atomic mass is 10.1. The average Bonchev–Trinajstić information content (AvgIpc) is 2.75. The van der Waals surface area contributed by atoms with Crippen LogP contribution in [0.2, 0.25) is 0 Å². The molecule has 130 valence electrons. The fourth-order valence-electron chi connectivity index (χ4n) is 2.89. The average molecular weight is 352 g/mol. The van der Waals surface area contributed by atoms with Crippen molar-refractivity contribution in [3.63, 3.8) is 0 Å². The number of benzene rings is 3. The maximum Gasteiger partial charge on any atom is 0.504 e. The smallest absolute Gasteiger partial charge is 0.504 e. The van der Waals surface area contributed by atoms with Gasteiger partial charge in [0.05, 0.1) is 11.4 Å². The molecule has 1 aromatic heterocycles. The molecule has 0 bridgehead atoms. The second kappa shape index (κ2) is 7.85. The Labute approximate surface area is 158 Å². The number of nitrogens with zero attached hydrogens (tertiary/aromatic N) is 2. The van der Waals surface area contributed by atoms with Gasteiger partial charge in [-0.05, 0) is 18.2 Å². The standard InChI is InChI=1S/C22H17BN2O2/c26-23-27-19-13-7-12-18(14-19)21-15-20(16-8-3-1-4-9-16)24-22(25-21)17-10-5-2-6-11-17/h1-15,23,26H. The third kappa shape index (κ3) is 3.88. The molecule has 4 rings (SSSR count). The lowest BCUT2D eigenvalue weighted by Gasteiger charge is -2.10. The molecule has 0 spiro atoms. The second-order valence-electron chi connectivity index (χ2n) is 6.00. The molecule has 0 aliphatic rings. The van der Waals surface area contributed by atoms with Gasteiger partial charge in [0.15, 0.2) is 5.82 Å². The summed E-state index contributed by atoms with van der Waals surface area (Å²) in [5, 5.41) is 9.02. The van der Waals surface area contributed by atoms with E-state index in [1.807, 2.05) is 84.9 Å². The van der Waals surface area contributed by atoms with Crippen LogP contribution in [0.1, 0.15) is 0 Å². The Hall–Kier alpha value is -3.44. The molecule has 4 nitrogen and oxygen atoms in total. The normalized spacial score (nSPS) is 10.4. The number of aromatic nitrogens is 2. The lowest BCUT2D eigenvalue weighted by Crippen LogP contribution is -2.00. The Morgan fingerprint density at radius 1 is 0.630 bits per heavy atom. The van der Waals surface area contributed by atoms with Gasteiger partial charge in [-0.1, -0.05) is 72.8 Å². The van der Waals surface area contributed by atoms with Gasteiger partial charge < -0.3 is 9.68 Å². The Morgan fingerprint density at radius 3 is 1.89 bits per heavy atom. The minimum atomic E-state index is -0.363. The van der Waals surface area contributed by atoms with Gasteiger partial charge in [-0.15, -0.1) is 0 Å². The van der Waals surface area contributed by atoms with Crippen LogP contribution < -0.4 is 4.65 Å². The van der Waals surface area contributed by atoms with Gasteiger partial charge in [0.25, 0.3) is 0 Å². The highest BCUT2D eigenvalue weighted by Gasteiger charge is 2.11. The molecule has 0 aliphatic heterocycles. The first kappa shape index (κ1) is 17.0. The first-order valence-electron chi connectivity index (χ1n) is 8.67. The number of hydrogen-bond donors (Lipinski definition) is 1. The van der Waals surface area contributed by atoms with Crippen LogP contribution >= 0.6 is 0 Å². The zero-order valence-electron chi connectivity index (χ0n) is 14.6. The molecule has 3 aromatic carbocycles. The maximum atomic E-state index is 9.02. The monoisotopic (exact) mass is 352 g/mol. The fourth-order valence-corrected chi connectivity index (χ4v) is 2.89. The molecule has 0 amide bonds. The Bertz CT molecular complexity index is 983. The summed E-state index contributed by atoms with van der Waals surface area (Å²) in [5.74, 6) is 1.26. The third-order valence-corrected chi connectivity index (χ3v) is 4.19. The summed E-state index contributed by atoms with van der Waals surface area (Å²) in [5.41, 5.74) is 4.54. The van der Waals surface area contributed by atoms with Crippen molar-refractivity contribution in [1.82, 2.24) is 9.97 Å². The summed E-state index contributed by atoms with van der Waals surface area (Å²) in [4.78, 5) is 9.55. The second-order valence-corrected chi connectivity index (χ2v) is 6.00. The van der Waals surface area contributed by atoms with Crippen molar-refractivity contribution < 1.29 is 9.68 Å². The third-order valence-electron chi connectivity index (χ3n) is 4.19. The molecule has 0 fully saturated rings. The highest BCUT2D eigenvalue weighted by atomic mass is 16.5. The van der Waals surface area contributed by atoms with Crippen molar-refractivity contribution in [3.05, 3.63) is 91.0 Å². The first-order chi connectivity index (χ1) is 13.3. The minimum absolute atomic E-state index is 0.363.